The monoisotopic (exact) mass is 324 g/mol. The molecule has 0 saturated carbocycles. The van der Waals surface area contributed by atoms with E-state index in [0.29, 0.717) is 0 Å². The lowest BCUT2D eigenvalue weighted by Gasteiger charge is -2.18. The first-order chi connectivity index (χ1) is 11.4. The van der Waals surface area contributed by atoms with Gasteiger partial charge in [-0.1, -0.05) is 59.7 Å². The number of rotatable bonds is 4. The fourth-order valence-electron chi connectivity index (χ4n) is 2.42. The molecule has 3 aromatic rings. The van der Waals surface area contributed by atoms with Crippen LogP contribution >= 0.6 is 0 Å². The molecule has 1 nitrogen and oxygen atoms in total. The largest absolute Gasteiger partial charge is 0.429 e. The minimum atomic E-state index is -3.36. The van der Waals surface area contributed by atoms with Crippen LogP contribution in [0.5, 0.6) is 5.75 Å². The van der Waals surface area contributed by atoms with Gasteiger partial charge in [-0.2, -0.15) is 8.78 Å². The number of ether oxygens (including phenoxy) is 1. The van der Waals surface area contributed by atoms with Gasteiger partial charge in [0.1, 0.15) is 5.75 Å². The number of alkyl halides is 2. The predicted molar refractivity (Wildman–Crippen MR) is 92.3 cm³/mol. The Balaban J connectivity index is 1.78. The van der Waals surface area contributed by atoms with Gasteiger partial charge in [0.2, 0.25) is 0 Å². The zero-order chi connectivity index (χ0) is 17.2. The molecule has 0 heterocycles. The molecule has 24 heavy (non-hydrogen) atoms. The molecule has 0 saturated heterocycles. The molecule has 3 rings (SSSR count). The Labute approximate surface area is 140 Å². The summed E-state index contributed by atoms with van der Waals surface area (Å²) in [6, 6.07) is 20.8. The highest BCUT2D eigenvalue weighted by Gasteiger charge is 2.34. The molecule has 0 bridgehead atoms. The van der Waals surface area contributed by atoms with Crippen LogP contribution in [0.2, 0.25) is 0 Å². The molecule has 3 aromatic carbocycles. The van der Waals surface area contributed by atoms with Crippen molar-refractivity contribution in [3.8, 4) is 16.9 Å². The molecule has 0 aliphatic rings. The molecule has 0 atom stereocenters. The fourth-order valence-corrected chi connectivity index (χ4v) is 2.42. The summed E-state index contributed by atoms with van der Waals surface area (Å²) in [7, 11) is 0. The highest BCUT2D eigenvalue weighted by atomic mass is 19.3. The van der Waals surface area contributed by atoms with Crippen LogP contribution < -0.4 is 4.74 Å². The average Bonchev–Trinajstić information content (AvgIpc) is 2.56. The summed E-state index contributed by atoms with van der Waals surface area (Å²) in [5, 5.41) is 0. The minimum absolute atomic E-state index is 0.136. The third-order valence-electron chi connectivity index (χ3n) is 3.87. The normalized spacial score (nSPS) is 11.3. The smallest absolute Gasteiger partial charge is 0.426 e. The van der Waals surface area contributed by atoms with E-state index in [1.165, 1.54) is 17.7 Å². The van der Waals surface area contributed by atoms with E-state index in [-0.39, 0.29) is 11.3 Å². The van der Waals surface area contributed by atoms with E-state index in [0.717, 1.165) is 16.7 Å². The summed E-state index contributed by atoms with van der Waals surface area (Å²) in [5.41, 5.74) is 3.95. The second kappa shape index (κ2) is 6.44. The van der Waals surface area contributed by atoms with Crippen molar-refractivity contribution in [1.29, 1.82) is 0 Å². The number of hydrogen-bond donors (Lipinski definition) is 0. The lowest BCUT2D eigenvalue weighted by atomic mass is 10.0. The lowest BCUT2D eigenvalue weighted by Crippen LogP contribution is -2.21. The van der Waals surface area contributed by atoms with Crippen molar-refractivity contribution in [2.45, 2.75) is 20.0 Å². The second-order valence-electron chi connectivity index (χ2n) is 5.88. The maximum absolute atomic E-state index is 14.2. The first-order valence-corrected chi connectivity index (χ1v) is 7.75. The number of halogens is 2. The van der Waals surface area contributed by atoms with E-state index in [1.54, 1.807) is 36.4 Å². The first kappa shape index (κ1) is 16.2. The van der Waals surface area contributed by atoms with Gasteiger partial charge in [-0.3, -0.25) is 0 Å². The molecule has 3 heteroatoms. The standard InChI is InChI=1S/C21H18F2O/c1-15-3-7-17(8-4-15)18-9-13-20(14-10-18)24-21(22,23)19-11-5-16(2)6-12-19/h3-14H,1-2H3. The molecular formula is C21H18F2O. The van der Waals surface area contributed by atoms with Crippen molar-refractivity contribution in [2.24, 2.45) is 0 Å². The zero-order valence-corrected chi connectivity index (χ0v) is 13.6. The van der Waals surface area contributed by atoms with Crippen LogP contribution in [0, 0.1) is 13.8 Å². The second-order valence-corrected chi connectivity index (χ2v) is 5.88. The van der Waals surface area contributed by atoms with Crippen molar-refractivity contribution in [3.63, 3.8) is 0 Å². The Hall–Kier alpha value is -2.68. The third kappa shape index (κ3) is 3.62. The van der Waals surface area contributed by atoms with Gasteiger partial charge >= 0.3 is 6.11 Å². The third-order valence-corrected chi connectivity index (χ3v) is 3.87. The van der Waals surface area contributed by atoms with Gasteiger partial charge in [0.05, 0.1) is 5.56 Å². The van der Waals surface area contributed by atoms with Crippen LogP contribution in [0.4, 0.5) is 8.78 Å². The topological polar surface area (TPSA) is 9.23 Å². The predicted octanol–water partition coefficient (Wildman–Crippen LogP) is 6.10. The van der Waals surface area contributed by atoms with Crippen molar-refractivity contribution in [2.75, 3.05) is 0 Å². The summed E-state index contributed by atoms with van der Waals surface area (Å²) in [5.74, 6) is 0.136. The summed E-state index contributed by atoms with van der Waals surface area (Å²) < 4.78 is 33.3. The molecule has 0 unspecified atom stereocenters. The number of benzene rings is 3. The molecule has 0 aliphatic heterocycles. The van der Waals surface area contributed by atoms with Gasteiger partial charge < -0.3 is 4.74 Å². The SMILES string of the molecule is Cc1ccc(-c2ccc(OC(F)(F)c3ccc(C)cc3)cc2)cc1. The molecule has 0 spiro atoms. The van der Waals surface area contributed by atoms with Crippen molar-refractivity contribution < 1.29 is 13.5 Å². The van der Waals surface area contributed by atoms with Gasteiger partial charge in [0.25, 0.3) is 0 Å². The number of aryl methyl sites for hydroxylation is 2. The van der Waals surface area contributed by atoms with E-state index >= 15 is 0 Å². The Kier molecular flexibility index (Phi) is 4.34. The van der Waals surface area contributed by atoms with Crippen LogP contribution in [0.25, 0.3) is 11.1 Å². The van der Waals surface area contributed by atoms with Crippen molar-refractivity contribution in [3.05, 3.63) is 89.5 Å². The van der Waals surface area contributed by atoms with Crippen LogP contribution in [0.15, 0.2) is 72.8 Å². The highest BCUT2D eigenvalue weighted by molar-refractivity contribution is 5.64. The van der Waals surface area contributed by atoms with Crippen molar-refractivity contribution >= 4 is 0 Å². The quantitative estimate of drug-likeness (QED) is 0.563. The minimum Gasteiger partial charge on any atom is -0.429 e. The molecule has 0 amide bonds. The maximum Gasteiger partial charge on any atom is 0.426 e. The van der Waals surface area contributed by atoms with Crippen molar-refractivity contribution in [1.82, 2.24) is 0 Å². The molecule has 0 fully saturated rings. The van der Waals surface area contributed by atoms with E-state index in [2.05, 4.69) is 0 Å². The van der Waals surface area contributed by atoms with Gasteiger partial charge in [0, 0.05) is 0 Å². The maximum atomic E-state index is 14.2. The van der Waals surface area contributed by atoms with Crippen LogP contribution in [-0.4, -0.2) is 0 Å². The summed E-state index contributed by atoms with van der Waals surface area (Å²) >= 11 is 0. The lowest BCUT2D eigenvalue weighted by molar-refractivity contribution is -0.185. The van der Waals surface area contributed by atoms with E-state index in [4.69, 9.17) is 4.74 Å². The molecule has 0 radical (unpaired) electrons. The first-order valence-electron chi connectivity index (χ1n) is 7.75. The molecular weight excluding hydrogens is 306 g/mol. The van der Waals surface area contributed by atoms with E-state index in [9.17, 15) is 8.78 Å². The molecule has 122 valence electrons. The van der Waals surface area contributed by atoms with Crippen LogP contribution in [-0.2, 0) is 6.11 Å². The number of hydrogen-bond acceptors (Lipinski definition) is 1. The van der Waals surface area contributed by atoms with Gasteiger partial charge in [-0.25, -0.2) is 0 Å². The van der Waals surface area contributed by atoms with Gasteiger partial charge in [0.15, 0.2) is 0 Å². The Morgan fingerprint density at radius 2 is 1.04 bits per heavy atom. The fraction of sp³-hybridized carbons (Fsp3) is 0.143. The van der Waals surface area contributed by atoms with Crippen LogP contribution in [0.3, 0.4) is 0 Å². The van der Waals surface area contributed by atoms with Gasteiger partial charge in [-0.05, 0) is 49.2 Å². The average molecular weight is 324 g/mol. The summed E-state index contributed by atoms with van der Waals surface area (Å²) in [6.07, 6.45) is -3.36. The van der Waals surface area contributed by atoms with E-state index < -0.39 is 6.11 Å². The Morgan fingerprint density at radius 1 is 0.625 bits per heavy atom. The highest BCUT2D eigenvalue weighted by Crippen LogP contribution is 2.32. The van der Waals surface area contributed by atoms with E-state index in [1.807, 2.05) is 38.1 Å². The summed E-state index contributed by atoms with van der Waals surface area (Å²) in [6.45, 7) is 3.88. The Bertz CT molecular complexity index is 804. The molecule has 0 aliphatic carbocycles. The molecule has 0 aromatic heterocycles. The summed E-state index contributed by atoms with van der Waals surface area (Å²) in [4.78, 5) is 0. The van der Waals surface area contributed by atoms with Crippen LogP contribution in [0.1, 0.15) is 16.7 Å². The van der Waals surface area contributed by atoms with Gasteiger partial charge in [-0.15, -0.1) is 0 Å². The Morgan fingerprint density at radius 3 is 1.54 bits per heavy atom. The molecule has 0 N–H and O–H groups in total. The zero-order valence-electron chi connectivity index (χ0n) is 13.6.